The molecule has 0 aliphatic heterocycles. The van der Waals surface area contributed by atoms with Gasteiger partial charge in [-0.3, -0.25) is 14.5 Å². The molecular weight excluding hydrogens is 401 g/mol. The van der Waals surface area contributed by atoms with Gasteiger partial charge in [-0.15, -0.1) is 24.5 Å². The Labute approximate surface area is 160 Å². The SMILES string of the molecule is O=C(Cn1c(-c2cccs2)n[nH]c1=S)NCc1ccc(OC(F)(F)F)cc1. The maximum atomic E-state index is 12.2. The lowest BCUT2D eigenvalue weighted by molar-refractivity contribution is -0.274. The summed E-state index contributed by atoms with van der Waals surface area (Å²) >= 11 is 6.64. The summed E-state index contributed by atoms with van der Waals surface area (Å²) < 4.78 is 42.1. The third kappa shape index (κ3) is 5.17. The van der Waals surface area contributed by atoms with Gasteiger partial charge in [0.15, 0.2) is 10.6 Å². The van der Waals surface area contributed by atoms with Crippen molar-refractivity contribution in [3.05, 3.63) is 52.1 Å². The number of H-pyrrole nitrogens is 1. The number of rotatable bonds is 6. The number of alkyl halides is 3. The molecule has 0 aliphatic carbocycles. The number of amides is 1. The smallest absolute Gasteiger partial charge is 0.406 e. The fourth-order valence-corrected chi connectivity index (χ4v) is 3.19. The summed E-state index contributed by atoms with van der Waals surface area (Å²) in [5.74, 6) is -0.0532. The number of ether oxygens (including phenoxy) is 1. The van der Waals surface area contributed by atoms with Gasteiger partial charge in [0, 0.05) is 6.54 Å². The minimum Gasteiger partial charge on any atom is -0.406 e. The van der Waals surface area contributed by atoms with Crippen molar-refractivity contribution in [2.75, 3.05) is 0 Å². The molecule has 3 rings (SSSR count). The van der Waals surface area contributed by atoms with E-state index in [0.717, 1.165) is 4.88 Å². The van der Waals surface area contributed by atoms with E-state index < -0.39 is 6.36 Å². The number of aromatic nitrogens is 3. The number of halogens is 3. The van der Waals surface area contributed by atoms with Crippen molar-refractivity contribution in [1.82, 2.24) is 20.1 Å². The third-order valence-electron chi connectivity index (χ3n) is 3.45. The van der Waals surface area contributed by atoms with Gasteiger partial charge in [-0.1, -0.05) is 18.2 Å². The van der Waals surface area contributed by atoms with E-state index in [2.05, 4.69) is 20.3 Å². The van der Waals surface area contributed by atoms with Crippen molar-refractivity contribution in [2.45, 2.75) is 19.5 Å². The van der Waals surface area contributed by atoms with E-state index >= 15 is 0 Å². The molecule has 0 saturated carbocycles. The van der Waals surface area contributed by atoms with Gasteiger partial charge < -0.3 is 10.1 Å². The first kappa shape index (κ1) is 19.1. The molecule has 6 nitrogen and oxygen atoms in total. The average molecular weight is 414 g/mol. The number of carbonyl (C=O) groups excluding carboxylic acids is 1. The van der Waals surface area contributed by atoms with Gasteiger partial charge >= 0.3 is 6.36 Å². The van der Waals surface area contributed by atoms with Crippen LogP contribution in [0.1, 0.15) is 5.56 Å². The first-order valence-corrected chi connectivity index (χ1v) is 8.91. The Morgan fingerprint density at radius 2 is 2.04 bits per heavy atom. The zero-order valence-corrected chi connectivity index (χ0v) is 15.2. The molecular formula is C16H13F3N4O2S2. The molecule has 0 aliphatic rings. The molecule has 2 aromatic heterocycles. The van der Waals surface area contributed by atoms with E-state index in [1.165, 1.54) is 35.6 Å². The zero-order valence-electron chi connectivity index (χ0n) is 13.6. The number of benzene rings is 1. The van der Waals surface area contributed by atoms with Gasteiger partial charge in [-0.05, 0) is 41.4 Å². The lowest BCUT2D eigenvalue weighted by atomic mass is 10.2. The van der Waals surface area contributed by atoms with Crippen molar-refractivity contribution in [3.8, 4) is 16.5 Å². The molecule has 3 aromatic rings. The van der Waals surface area contributed by atoms with Crippen LogP contribution >= 0.6 is 23.6 Å². The van der Waals surface area contributed by atoms with Crippen LogP contribution in [-0.4, -0.2) is 27.0 Å². The molecule has 2 N–H and O–H groups in total. The summed E-state index contributed by atoms with van der Waals surface area (Å²) in [7, 11) is 0. The zero-order chi connectivity index (χ0) is 19.4. The second-order valence-electron chi connectivity index (χ2n) is 5.38. The Morgan fingerprint density at radius 1 is 1.30 bits per heavy atom. The van der Waals surface area contributed by atoms with Crippen LogP contribution in [0.3, 0.4) is 0 Å². The molecule has 0 bridgehead atoms. The van der Waals surface area contributed by atoms with E-state index in [9.17, 15) is 18.0 Å². The normalized spacial score (nSPS) is 11.4. The topological polar surface area (TPSA) is 71.9 Å². The average Bonchev–Trinajstić information content (AvgIpc) is 3.24. The van der Waals surface area contributed by atoms with Crippen molar-refractivity contribution in [1.29, 1.82) is 0 Å². The number of aromatic amines is 1. The highest BCUT2D eigenvalue weighted by molar-refractivity contribution is 7.71. The van der Waals surface area contributed by atoms with Crippen molar-refractivity contribution in [2.24, 2.45) is 0 Å². The number of hydrogen-bond donors (Lipinski definition) is 2. The number of carbonyl (C=O) groups is 1. The molecule has 0 saturated heterocycles. The maximum absolute atomic E-state index is 12.2. The van der Waals surface area contributed by atoms with E-state index in [0.29, 0.717) is 16.2 Å². The predicted molar refractivity (Wildman–Crippen MR) is 95.7 cm³/mol. The molecule has 11 heteroatoms. The molecule has 142 valence electrons. The highest BCUT2D eigenvalue weighted by atomic mass is 32.1. The van der Waals surface area contributed by atoms with E-state index in [4.69, 9.17) is 12.2 Å². The third-order valence-corrected chi connectivity index (χ3v) is 4.63. The van der Waals surface area contributed by atoms with Crippen LogP contribution in [-0.2, 0) is 17.9 Å². The Morgan fingerprint density at radius 3 is 2.67 bits per heavy atom. The Balaban J connectivity index is 1.59. The van der Waals surface area contributed by atoms with Crippen LogP contribution in [0.5, 0.6) is 5.75 Å². The largest absolute Gasteiger partial charge is 0.573 e. The first-order valence-electron chi connectivity index (χ1n) is 7.62. The molecule has 1 aromatic carbocycles. The van der Waals surface area contributed by atoms with Gasteiger partial charge in [0.25, 0.3) is 0 Å². The lowest BCUT2D eigenvalue weighted by Crippen LogP contribution is -2.27. The maximum Gasteiger partial charge on any atom is 0.573 e. The Hall–Kier alpha value is -2.66. The van der Waals surface area contributed by atoms with Gasteiger partial charge in [0.2, 0.25) is 5.91 Å². The van der Waals surface area contributed by atoms with Crippen LogP contribution in [0, 0.1) is 4.77 Å². The van der Waals surface area contributed by atoms with Gasteiger partial charge in [-0.2, -0.15) is 5.10 Å². The van der Waals surface area contributed by atoms with Crippen molar-refractivity contribution < 1.29 is 22.7 Å². The van der Waals surface area contributed by atoms with E-state index in [-0.39, 0.29) is 24.7 Å². The molecule has 1 amide bonds. The van der Waals surface area contributed by atoms with Crippen LogP contribution in [0.25, 0.3) is 10.7 Å². The number of hydrogen-bond acceptors (Lipinski definition) is 5. The number of nitrogens with zero attached hydrogens (tertiary/aromatic N) is 2. The van der Waals surface area contributed by atoms with Gasteiger partial charge in [0.1, 0.15) is 12.3 Å². The number of thiophene rings is 1. The minimum absolute atomic E-state index is 0.0299. The van der Waals surface area contributed by atoms with Crippen LogP contribution in [0.15, 0.2) is 41.8 Å². The summed E-state index contributed by atoms with van der Waals surface area (Å²) in [5, 5.41) is 11.4. The summed E-state index contributed by atoms with van der Waals surface area (Å²) in [6.07, 6.45) is -4.74. The fraction of sp³-hybridized carbons (Fsp3) is 0.188. The molecule has 0 unspecified atom stereocenters. The highest BCUT2D eigenvalue weighted by Gasteiger charge is 2.30. The number of nitrogens with one attached hydrogen (secondary N) is 2. The molecule has 0 atom stereocenters. The second kappa shape index (κ2) is 7.92. The summed E-state index contributed by atoms with van der Waals surface area (Å²) in [5.41, 5.74) is 0.632. The molecule has 2 heterocycles. The Bertz CT molecular complexity index is 963. The lowest BCUT2D eigenvalue weighted by Gasteiger charge is -2.10. The quantitative estimate of drug-likeness (QED) is 0.601. The summed E-state index contributed by atoms with van der Waals surface area (Å²) in [6.45, 7) is 0.127. The standard InChI is InChI=1S/C16H13F3N4O2S2/c17-16(18,19)25-11-5-3-10(4-6-11)8-20-13(24)9-23-14(21-22-15(23)26)12-2-1-7-27-12/h1-7H,8-9H2,(H,20,24)(H,22,26). The molecule has 27 heavy (non-hydrogen) atoms. The van der Waals surface area contributed by atoms with Crippen molar-refractivity contribution >= 4 is 29.5 Å². The molecule has 0 radical (unpaired) electrons. The first-order chi connectivity index (χ1) is 12.8. The van der Waals surface area contributed by atoms with Gasteiger partial charge in [0.05, 0.1) is 4.88 Å². The molecule has 0 fully saturated rings. The van der Waals surface area contributed by atoms with Gasteiger partial charge in [-0.25, -0.2) is 0 Å². The minimum atomic E-state index is -4.74. The van der Waals surface area contributed by atoms with Crippen molar-refractivity contribution in [3.63, 3.8) is 0 Å². The Kier molecular flexibility index (Phi) is 5.61. The summed E-state index contributed by atoms with van der Waals surface area (Å²) in [6, 6.07) is 9.01. The van der Waals surface area contributed by atoms with Crippen LogP contribution in [0.4, 0.5) is 13.2 Å². The summed E-state index contributed by atoms with van der Waals surface area (Å²) in [4.78, 5) is 13.1. The highest BCUT2D eigenvalue weighted by Crippen LogP contribution is 2.23. The molecule has 0 spiro atoms. The second-order valence-corrected chi connectivity index (χ2v) is 6.72. The predicted octanol–water partition coefficient (Wildman–Crippen LogP) is 3.88. The monoisotopic (exact) mass is 414 g/mol. The van der Waals surface area contributed by atoms with E-state index in [1.54, 1.807) is 4.57 Å². The fourth-order valence-electron chi connectivity index (χ4n) is 2.27. The van der Waals surface area contributed by atoms with E-state index in [1.807, 2.05) is 17.5 Å². The van der Waals surface area contributed by atoms with Crippen LogP contribution < -0.4 is 10.1 Å². The van der Waals surface area contributed by atoms with Crippen LogP contribution in [0.2, 0.25) is 0 Å².